The Bertz CT molecular complexity index is 737. The molecule has 0 radical (unpaired) electrons. The Labute approximate surface area is 135 Å². The molecule has 0 unspecified atom stereocenters. The largest absolute Gasteiger partial charge is 0.343 e. The second kappa shape index (κ2) is 6.24. The zero-order chi connectivity index (χ0) is 16.4. The SMILES string of the molecule is Cc1nn(C)c2c1CCN(C(=O)CNC(=O)c1ccccc1)C2. The maximum absolute atomic E-state index is 12.3. The molecule has 120 valence electrons. The lowest BCUT2D eigenvalue weighted by molar-refractivity contribution is -0.131. The van der Waals surface area contributed by atoms with Crippen LogP contribution in [0.25, 0.3) is 0 Å². The molecule has 6 heteroatoms. The maximum atomic E-state index is 12.3. The lowest BCUT2D eigenvalue weighted by Gasteiger charge is -2.27. The Morgan fingerprint density at radius 3 is 2.74 bits per heavy atom. The smallest absolute Gasteiger partial charge is 0.251 e. The van der Waals surface area contributed by atoms with Gasteiger partial charge in [0.25, 0.3) is 5.91 Å². The van der Waals surface area contributed by atoms with Gasteiger partial charge in [0.15, 0.2) is 0 Å². The van der Waals surface area contributed by atoms with Crippen molar-refractivity contribution in [3.63, 3.8) is 0 Å². The standard InChI is InChI=1S/C17H20N4O2/c1-12-14-8-9-21(11-15(14)20(2)19-12)16(22)10-18-17(23)13-6-4-3-5-7-13/h3-7H,8-11H2,1-2H3,(H,18,23). The number of rotatable bonds is 3. The Morgan fingerprint density at radius 2 is 2.00 bits per heavy atom. The van der Waals surface area contributed by atoms with Crippen LogP contribution in [0.3, 0.4) is 0 Å². The molecule has 2 aromatic rings. The number of carbonyl (C=O) groups excluding carboxylic acids is 2. The minimum Gasteiger partial charge on any atom is -0.343 e. The highest BCUT2D eigenvalue weighted by Gasteiger charge is 2.25. The summed E-state index contributed by atoms with van der Waals surface area (Å²) in [6, 6.07) is 8.90. The molecule has 0 spiro atoms. The molecule has 3 rings (SSSR count). The Kier molecular flexibility index (Phi) is 4.14. The third-order valence-corrected chi connectivity index (χ3v) is 4.24. The van der Waals surface area contributed by atoms with Gasteiger partial charge >= 0.3 is 0 Å². The monoisotopic (exact) mass is 312 g/mol. The summed E-state index contributed by atoms with van der Waals surface area (Å²) in [6.45, 7) is 3.22. The molecule has 0 saturated heterocycles. The maximum Gasteiger partial charge on any atom is 0.251 e. The van der Waals surface area contributed by atoms with Crippen molar-refractivity contribution in [3.8, 4) is 0 Å². The highest BCUT2D eigenvalue weighted by Crippen LogP contribution is 2.21. The molecular formula is C17H20N4O2. The number of benzene rings is 1. The van der Waals surface area contributed by atoms with Crippen LogP contribution >= 0.6 is 0 Å². The van der Waals surface area contributed by atoms with Gasteiger partial charge in [0.2, 0.25) is 5.91 Å². The predicted octanol–water partition coefficient (Wildman–Crippen LogP) is 1.04. The molecule has 1 aromatic heterocycles. The van der Waals surface area contributed by atoms with E-state index in [-0.39, 0.29) is 18.4 Å². The summed E-state index contributed by atoms with van der Waals surface area (Å²) in [7, 11) is 1.90. The Morgan fingerprint density at radius 1 is 1.26 bits per heavy atom. The van der Waals surface area contributed by atoms with E-state index in [9.17, 15) is 9.59 Å². The molecule has 2 amide bonds. The third kappa shape index (κ3) is 3.11. The van der Waals surface area contributed by atoms with Crippen LogP contribution in [0, 0.1) is 6.92 Å². The lowest BCUT2D eigenvalue weighted by atomic mass is 10.0. The highest BCUT2D eigenvalue weighted by atomic mass is 16.2. The van der Waals surface area contributed by atoms with Crippen molar-refractivity contribution in [1.82, 2.24) is 20.0 Å². The number of nitrogens with one attached hydrogen (secondary N) is 1. The Hall–Kier alpha value is -2.63. The van der Waals surface area contributed by atoms with Crippen molar-refractivity contribution in [2.75, 3.05) is 13.1 Å². The first-order valence-electron chi connectivity index (χ1n) is 7.68. The van der Waals surface area contributed by atoms with Crippen molar-refractivity contribution >= 4 is 11.8 Å². The lowest BCUT2D eigenvalue weighted by Crippen LogP contribution is -2.42. The molecule has 6 nitrogen and oxygen atoms in total. The van der Waals surface area contributed by atoms with Crippen molar-refractivity contribution < 1.29 is 9.59 Å². The number of aryl methyl sites for hydroxylation is 2. The van der Waals surface area contributed by atoms with Crippen LogP contribution in [0.2, 0.25) is 0 Å². The van der Waals surface area contributed by atoms with E-state index in [1.165, 1.54) is 5.56 Å². The van der Waals surface area contributed by atoms with Gasteiger partial charge in [0.05, 0.1) is 24.5 Å². The predicted molar refractivity (Wildman–Crippen MR) is 85.8 cm³/mol. The quantitative estimate of drug-likeness (QED) is 0.921. The summed E-state index contributed by atoms with van der Waals surface area (Å²) >= 11 is 0. The fraction of sp³-hybridized carbons (Fsp3) is 0.353. The van der Waals surface area contributed by atoms with Gasteiger partial charge in [-0.15, -0.1) is 0 Å². The van der Waals surface area contributed by atoms with Crippen molar-refractivity contribution in [3.05, 3.63) is 52.8 Å². The van der Waals surface area contributed by atoms with Crippen LogP contribution in [0.4, 0.5) is 0 Å². The van der Waals surface area contributed by atoms with Gasteiger partial charge in [-0.05, 0) is 31.0 Å². The topological polar surface area (TPSA) is 67.2 Å². The van der Waals surface area contributed by atoms with Crippen LogP contribution in [0.1, 0.15) is 27.3 Å². The fourth-order valence-corrected chi connectivity index (χ4v) is 2.95. The summed E-state index contributed by atoms with van der Waals surface area (Å²) < 4.78 is 1.84. The van der Waals surface area contributed by atoms with E-state index in [0.29, 0.717) is 18.7 Å². The summed E-state index contributed by atoms with van der Waals surface area (Å²) in [5, 5.41) is 7.10. The first kappa shape index (κ1) is 15.3. The van der Waals surface area contributed by atoms with Gasteiger partial charge in [-0.1, -0.05) is 18.2 Å². The van der Waals surface area contributed by atoms with Crippen LogP contribution in [-0.4, -0.2) is 39.6 Å². The van der Waals surface area contributed by atoms with Crippen LogP contribution in [0.15, 0.2) is 30.3 Å². The number of fused-ring (bicyclic) bond motifs is 1. The van der Waals surface area contributed by atoms with E-state index in [0.717, 1.165) is 17.8 Å². The van der Waals surface area contributed by atoms with E-state index in [1.54, 1.807) is 29.2 Å². The zero-order valence-corrected chi connectivity index (χ0v) is 13.4. The average molecular weight is 312 g/mol. The average Bonchev–Trinajstić information content (AvgIpc) is 2.87. The van der Waals surface area contributed by atoms with Crippen molar-refractivity contribution in [2.24, 2.45) is 7.05 Å². The van der Waals surface area contributed by atoms with Crippen LogP contribution in [0.5, 0.6) is 0 Å². The van der Waals surface area contributed by atoms with Gasteiger partial charge in [-0.25, -0.2) is 0 Å². The first-order chi connectivity index (χ1) is 11.1. The molecule has 0 saturated carbocycles. The van der Waals surface area contributed by atoms with E-state index < -0.39 is 0 Å². The number of hydrogen-bond acceptors (Lipinski definition) is 3. The third-order valence-electron chi connectivity index (χ3n) is 4.24. The van der Waals surface area contributed by atoms with E-state index >= 15 is 0 Å². The molecule has 1 aliphatic heterocycles. The summed E-state index contributed by atoms with van der Waals surface area (Å²) in [5.74, 6) is -0.299. The van der Waals surface area contributed by atoms with Crippen LogP contribution in [-0.2, 0) is 24.8 Å². The number of aromatic nitrogens is 2. The minimum atomic E-state index is -0.229. The number of nitrogens with zero attached hydrogens (tertiary/aromatic N) is 3. The normalized spacial score (nSPS) is 13.6. The van der Waals surface area contributed by atoms with Gasteiger partial charge in [0, 0.05) is 19.2 Å². The van der Waals surface area contributed by atoms with Gasteiger partial charge in [-0.3, -0.25) is 14.3 Å². The molecule has 1 aromatic carbocycles. The first-order valence-corrected chi connectivity index (χ1v) is 7.68. The second-order valence-electron chi connectivity index (χ2n) is 5.75. The molecule has 2 heterocycles. The summed E-state index contributed by atoms with van der Waals surface area (Å²) in [6.07, 6.45) is 0.813. The highest BCUT2D eigenvalue weighted by molar-refractivity contribution is 5.96. The molecular weight excluding hydrogens is 292 g/mol. The fourth-order valence-electron chi connectivity index (χ4n) is 2.95. The van der Waals surface area contributed by atoms with Gasteiger partial charge < -0.3 is 10.2 Å². The summed E-state index contributed by atoms with van der Waals surface area (Å²) in [5.41, 5.74) is 3.91. The number of carbonyl (C=O) groups is 2. The number of amides is 2. The summed E-state index contributed by atoms with van der Waals surface area (Å²) in [4.78, 5) is 26.1. The molecule has 0 aliphatic carbocycles. The van der Waals surface area contributed by atoms with E-state index in [2.05, 4.69) is 10.4 Å². The molecule has 0 fully saturated rings. The second-order valence-corrected chi connectivity index (χ2v) is 5.75. The van der Waals surface area contributed by atoms with Gasteiger partial charge in [-0.2, -0.15) is 5.10 Å². The van der Waals surface area contributed by atoms with Crippen LogP contribution < -0.4 is 5.32 Å². The molecule has 23 heavy (non-hydrogen) atoms. The Balaban J connectivity index is 1.59. The minimum absolute atomic E-state index is 0.0138. The molecule has 0 atom stereocenters. The zero-order valence-electron chi connectivity index (χ0n) is 13.4. The van der Waals surface area contributed by atoms with Crippen molar-refractivity contribution in [1.29, 1.82) is 0 Å². The van der Waals surface area contributed by atoms with Crippen molar-refractivity contribution in [2.45, 2.75) is 19.9 Å². The van der Waals surface area contributed by atoms with E-state index in [4.69, 9.17) is 0 Å². The molecule has 0 bridgehead atoms. The number of hydrogen-bond donors (Lipinski definition) is 1. The molecule has 1 aliphatic rings. The van der Waals surface area contributed by atoms with Gasteiger partial charge in [0.1, 0.15) is 0 Å². The van der Waals surface area contributed by atoms with E-state index in [1.807, 2.05) is 24.7 Å². The molecule has 1 N–H and O–H groups in total.